The summed E-state index contributed by atoms with van der Waals surface area (Å²) in [4.78, 5) is 16.8. The molecule has 0 saturated carbocycles. The smallest absolute Gasteiger partial charge is 0.227 e. The lowest BCUT2D eigenvalue weighted by atomic mass is 9.96. The van der Waals surface area contributed by atoms with Gasteiger partial charge < -0.3 is 14.5 Å². The van der Waals surface area contributed by atoms with Gasteiger partial charge in [-0.05, 0) is 55.2 Å². The normalized spacial score (nSPS) is 15.3. The minimum Gasteiger partial charge on any atom is -0.436 e. The molecule has 2 heterocycles. The van der Waals surface area contributed by atoms with Crippen molar-refractivity contribution >= 4 is 34.3 Å². The number of ether oxygens (including phenoxy) is 1. The summed E-state index contributed by atoms with van der Waals surface area (Å²) in [5, 5.41) is 3.59. The number of carbonyl (C=O) groups is 1. The number of amides is 1. The van der Waals surface area contributed by atoms with Crippen molar-refractivity contribution < 1.29 is 13.9 Å². The molecule has 0 spiro atoms. The molecule has 1 aliphatic heterocycles. The van der Waals surface area contributed by atoms with E-state index >= 15 is 0 Å². The highest BCUT2D eigenvalue weighted by Gasteiger charge is 2.17. The van der Waals surface area contributed by atoms with Crippen LogP contribution in [0, 0.1) is 5.92 Å². The second-order valence-electron chi connectivity index (χ2n) is 6.52. The van der Waals surface area contributed by atoms with Gasteiger partial charge in [0, 0.05) is 35.9 Å². The summed E-state index contributed by atoms with van der Waals surface area (Å²) in [6.45, 7) is 1.49. The molecule has 134 valence electrons. The van der Waals surface area contributed by atoms with Crippen LogP contribution in [0.3, 0.4) is 0 Å². The third kappa shape index (κ3) is 3.89. The highest BCUT2D eigenvalue weighted by atomic mass is 35.5. The van der Waals surface area contributed by atoms with E-state index in [0.29, 0.717) is 34.4 Å². The van der Waals surface area contributed by atoms with Crippen LogP contribution >= 0.6 is 11.6 Å². The van der Waals surface area contributed by atoms with Gasteiger partial charge in [-0.2, -0.15) is 0 Å². The van der Waals surface area contributed by atoms with Crippen LogP contribution in [0.15, 0.2) is 46.9 Å². The summed E-state index contributed by atoms with van der Waals surface area (Å²) < 4.78 is 11.1. The zero-order valence-electron chi connectivity index (χ0n) is 14.2. The van der Waals surface area contributed by atoms with Gasteiger partial charge in [0.15, 0.2) is 5.58 Å². The van der Waals surface area contributed by atoms with E-state index in [1.54, 1.807) is 18.2 Å². The quantitative estimate of drug-likeness (QED) is 0.709. The Kier molecular flexibility index (Phi) is 4.91. The summed E-state index contributed by atoms with van der Waals surface area (Å²) in [7, 11) is 0. The zero-order valence-corrected chi connectivity index (χ0v) is 15.0. The maximum absolute atomic E-state index is 12.3. The lowest BCUT2D eigenvalue weighted by molar-refractivity contribution is -0.117. The predicted molar refractivity (Wildman–Crippen MR) is 101 cm³/mol. The number of anilines is 1. The third-order valence-electron chi connectivity index (χ3n) is 4.56. The number of hydrogen-bond donors (Lipinski definition) is 1. The van der Waals surface area contributed by atoms with Crippen LogP contribution in [-0.4, -0.2) is 24.1 Å². The summed E-state index contributed by atoms with van der Waals surface area (Å²) in [6, 6.07) is 12.9. The molecule has 1 fully saturated rings. The van der Waals surface area contributed by atoms with Crippen molar-refractivity contribution in [3.63, 3.8) is 0 Å². The first-order valence-electron chi connectivity index (χ1n) is 8.71. The van der Waals surface area contributed by atoms with Gasteiger partial charge in [0.05, 0.1) is 0 Å². The average Bonchev–Trinajstić information content (AvgIpc) is 3.06. The molecule has 0 radical (unpaired) electrons. The lowest BCUT2D eigenvalue weighted by Gasteiger charge is -2.21. The molecule has 26 heavy (non-hydrogen) atoms. The Balaban J connectivity index is 1.49. The predicted octanol–water partition coefficient (Wildman–Crippen LogP) is 4.90. The van der Waals surface area contributed by atoms with E-state index < -0.39 is 0 Å². The van der Waals surface area contributed by atoms with Gasteiger partial charge in [0.25, 0.3) is 0 Å². The molecular weight excluding hydrogens is 352 g/mol. The Bertz CT molecular complexity index is 932. The zero-order chi connectivity index (χ0) is 17.9. The van der Waals surface area contributed by atoms with Crippen LogP contribution in [0.5, 0.6) is 0 Å². The van der Waals surface area contributed by atoms with E-state index in [-0.39, 0.29) is 5.91 Å². The van der Waals surface area contributed by atoms with E-state index in [0.717, 1.165) is 37.3 Å². The monoisotopic (exact) mass is 370 g/mol. The molecule has 4 rings (SSSR count). The molecule has 1 aliphatic rings. The number of fused-ring (bicyclic) bond motifs is 1. The fourth-order valence-electron chi connectivity index (χ4n) is 3.18. The van der Waals surface area contributed by atoms with E-state index in [1.165, 1.54) is 0 Å². The van der Waals surface area contributed by atoms with Crippen molar-refractivity contribution in [2.24, 2.45) is 5.92 Å². The van der Waals surface area contributed by atoms with Crippen molar-refractivity contribution in [3.8, 4) is 11.5 Å². The van der Waals surface area contributed by atoms with Crippen molar-refractivity contribution in [2.45, 2.75) is 19.3 Å². The first-order chi connectivity index (χ1) is 12.7. The van der Waals surface area contributed by atoms with E-state index in [4.69, 9.17) is 20.8 Å². The summed E-state index contributed by atoms with van der Waals surface area (Å²) in [6.07, 6.45) is 2.41. The Morgan fingerprint density at radius 2 is 2.04 bits per heavy atom. The maximum atomic E-state index is 12.3. The van der Waals surface area contributed by atoms with E-state index in [1.807, 2.05) is 24.3 Å². The van der Waals surface area contributed by atoms with Crippen LogP contribution in [0.4, 0.5) is 5.69 Å². The van der Waals surface area contributed by atoms with Crippen molar-refractivity contribution in [2.75, 3.05) is 18.5 Å². The first-order valence-corrected chi connectivity index (χ1v) is 9.09. The molecule has 0 atom stereocenters. The minimum atomic E-state index is 0.0263. The van der Waals surface area contributed by atoms with Gasteiger partial charge in [0.2, 0.25) is 11.8 Å². The number of nitrogens with zero attached hydrogens (tertiary/aromatic N) is 1. The van der Waals surface area contributed by atoms with Gasteiger partial charge in [0.1, 0.15) is 5.52 Å². The van der Waals surface area contributed by atoms with Crippen LogP contribution in [0.2, 0.25) is 5.02 Å². The van der Waals surface area contributed by atoms with Gasteiger partial charge >= 0.3 is 0 Å². The molecule has 1 aromatic heterocycles. The first kappa shape index (κ1) is 17.1. The number of halogens is 1. The molecule has 1 amide bonds. The van der Waals surface area contributed by atoms with Crippen LogP contribution in [-0.2, 0) is 9.53 Å². The average molecular weight is 371 g/mol. The number of carbonyl (C=O) groups excluding carboxylic acids is 1. The van der Waals surface area contributed by atoms with E-state index in [2.05, 4.69) is 10.3 Å². The van der Waals surface area contributed by atoms with Gasteiger partial charge in [-0.3, -0.25) is 4.79 Å². The number of aromatic nitrogens is 1. The van der Waals surface area contributed by atoms with Crippen LogP contribution in [0.1, 0.15) is 19.3 Å². The topological polar surface area (TPSA) is 64.4 Å². The van der Waals surface area contributed by atoms with Crippen LogP contribution < -0.4 is 5.32 Å². The molecule has 3 aromatic rings. The molecule has 0 aliphatic carbocycles. The summed E-state index contributed by atoms with van der Waals surface area (Å²) >= 11 is 6.00. The Morgan fingerprint density at radius 1 is 1.19 bits per heavy atom. The van der Waals surface area contributed by atoms with Gasteiger partial charge in [-0.15, -0.1) is 0 Å². The second kappa shape index (κ2) is 7.48. The fourth-order valence-corrected chi connectivity index (χ4v) is 3.35. The molecule has 5 nitrogen and oxygen atoms in total. The van der Waals surface area contributed by atoms with E-state index in [9.17, 15) is 4.79 Å². The van der Waals surface area contributed by atoms with Crippen molar-refractivity contribution in [1.82, 2.24) is 4.98 Å². The fraction of sp³-hybridized carbons (Fsp3) is 0.300. The third-order valence-corrected chi connectivity index (χ3v) is 4.79. The van der Waals surface area contributed by atoms with Gasteiger partial charge in [-0.1, -0.05) is 17.7 Å². The molecule has 0 bridgehead atoms. The second-order valence-corrected chi connectivity index (χ2v) is 6.96. The molecule has 0 unspecified atom stereocenters. The largest absolute Gasteiger partial charge is 0.436 e. The maximum Gasteiger partial charge on any atom is 0.227 e. The van der Waals surface area contributed by atoms with Crippen LogP contribution in [0.25, 0.3) is 22.6 Å². The number of nitrogens with one attached hydrogen (secondary N) is 1. The molecule has 2 aromatic carbocycles. The minimum absolute atomic E-state index is 0.0263. The number of rotatable bonds is 4. The number of hydrogen-bond acceptors (Lipinski definition) is 4. The number of oxazole rings is 1. The molecular formula is C20H19ClN2O3. The number of benzene rings is 2. The Hall–Kier alpha value is -2.37. The SMILES string of the molecule is O=C(CC1CCOCC1)Nc1cccc(-c2nc3cc(Cl)ccc3o2)c1. The van der Waals surface area contributed by atoms with Crippen molar-refractivity contribution in [1.29, 1.82) is 0 Å². The Morgan fingerprint density at radius 3 is 2.88 bits per heavy atom. The highest BCUT2D eigenvalue weighted by Crippen LogP contribution is 2.28. The lowest BCUT2D eigenvalue weighted by Crippen LogP contribution is -2.22. The summed E-state index contributed by atoms with van der Waals surface area (Å²) in [5.41, 5.74) is 2.93. The molecule has 1 N–H and O–H groups in total. The van der Waals surface area contributed by atoms with Crippen molar-refractivity contribution in [3.05, 3.63) is 47.5 Å². The molecule has 1 saturated heterocycles. The standard InChI is InChI=1S/C20H19ClN2O3/c21-15-4-5-18-17(12-15)23-20(26-18)14-2-1-3-16(11-14)22-19(24)10-13-6-8-25-9-7-13/h1-5,11-13H,6-10H2,(H,22,24). The molecule has 6 heteroatoms. The Labute approximate surface area is 156 Å². The van der Waals surface area contributed by atoms with Gasteiger partial charge in [-0.25, -0.2) is 4.98 Å². The summed E-state index contributed by atoms with van der Waals surface area (Å²) in [5.74, 6) is 0.926. The highest BCUT2D eigenvalue weighted by molar-refractivity contribution is 6.31.